The Bertz CT molecular complexity index is 392. The number of benzene rings is 1. The quantitative estimate of drug-likeness (QED) is 0.857. The lowest BCUT2D eigenvalue weighted by molar-refractivity contribution is -0.135. The van der Waals surface area contributed by atoms with E-state index in [4.69, 9.17) is 5.73 Å². The van der Waals surface area contributed by atoms with E-state index >= 15 is 0 Å². The first-order chi connectivity index (χ1) is 8.76. The van der Waals surface area contributed by atoms with Crippen molar-refractivity contribution in [2.75, 3.05) is 19.6 Å². The fraction of sp³-hybridized carbons (Fsp3) is 0.533. The first-order valence-electron chi connectivity index (χ1n) is 6.82. The summed E-state index contributed by atoms with van der Waals surface area (Å²) in [5, 5.41) is 0. The second kappa shape index (κ2) is 6.01. The van der Waals surface area contributed by atoms with Gasteiger partial charge in [0.15, 0.2) is 0 Å². The lowest BCUT2D eigenvalue weighted by Crippen LogP contribution is -2.37. The van der Waals surface area contributed by atoms with Crippen LogP contribution >= 0.6 is 0 Å². The number of hydrogen-bond acceptors (Lipinski definition) is 2. The third-order valence-electron chi connectivity index (χ3n) is 3.73. The van der Waals surface area contributed by atoms with Crippen molar-refractivity contribution in [2.45, 2.75) is 26.2 Å². The van der Waals surface area contributed by atoms with Crippen molar-refractivity contribution in [3.63, 3.8) is 0 Å². The number of amides is 1. The van der Waals surface area contributed by atoms with Crippen LogP contribution in [0.1, 0.15) is 24.5 Å². The molecule has 1 aromatic carbocycles. The second-order valence-electron chi connectivity index (χ2n) is 4.93. The summed E-state index contributed by atoms with van der Waals surface area (Å²) in [6, 6.07) is 8.38. The van der Waals surface area contributed by atoms with Gasteiger partial charge >= 0.3 is 0 Å². The van der Waals surface area contributed by atoms with E-state index in [9.17, 15) is 4.79 Å². The summed E-state index contributed by atoms with van der Waals surface area (Å²) in [6.45, 7) is 4.26. The standard InChI is InChI=1S/C15H22N2O/c1-2-17(9-5-8-16)15(18)14-10-12-6-3-4-7-13(12)11-14/h3-4,6-7,14H,2,5,8-11,16H2,1H3. The largest absolute Gasteiger partial charge is 0.343 e. The highest BCUT2D eigenvalue weighted by Crippen LogP contribution is 2.27. The molecule has 0 unspecified atom stereocenters. The van der Waals surface area contributed by atoms with Crippen LogP contribution in [0, 0.1) is 5.92 Å². The predicted octanol–water partition coefficient (Wildman–Crippen LogP) is 1.60. The molecule has 0 fully saturated rings. The molecule has 1 aliphatic rings. The first-order valence-corrected chi connectivity index (χ1v) is 6.82. The maximum atomic E-state index is 12.4. The average molecular weight is 246 g/mol. The fourth-order valence-corrected chi connectivity index (χ4v) is 2.70. The van der Waals surface area contributed by atoms with Crippen molar-refractivity contribution < 1.29 is 4.79 Å². The minimum absolute atomic E-state index is 0.139. The molecule has 3 heteroatoms. The molecule has 2 rings (SSSR count). The van der Waals surface area contributed by atoms with Crippen LogP contribution in [-0.4, -0.2) is 30.4 Å². The molecule has 0 radical (unpaired) electrons. The zero-order chi connectivity index (χ0) is 13.0. The van der Waals surface area contributed by atoms with Crippen molar-refractivity contribution in [3.8, 4) is 0 Å². The molecule has 1 amide bonds. The van der Waals surface area contributed by atoms with Gasteiger partial charge in [-0.15, -0.1) is 0 Å². The third-order valence-corrected chi connectivity index (χ3v) is 3.73. The minimum atomic E-state index is 0.139. The first kappa shape index (κ1) is 13.1. The average Bonchev–Trinajstić information content (AvgIpc) is 2.83. The third kappa shape index (κ3) is 2.72. The number of nitrogens with zero attached hydrogens (tertiary/aromatic N) is 1. The van der Waals surface area contributed by atoms with Crippen molar-refractivity contribution in [1.82, 2.24) is 4.90 Å². The topological polar surface area (TPSA) is 46.3 Å². The molecule has 0 heterocycles. The molecule has 0 atom stereocenters. The van der Waals surface area contributed by atoms with E-state index in [0.29, 0.717) is 12.5 Å². The molecular weight excluding hydrogens is 224 g/mol. The van der Waals surface area contributed by atoms with Gasteiger partial charge in [-0.05, 0) is 43.9 Å². The van der Waals surface area contributed by atoms with Crippen molar-refractivity contribution in [2.24, 2.45) is 11.7 Å². The summed E-state index contributed by atoms with van der Waals surface area (Å²) >= 11 is 0. The Balaban J connectivity index is 1.99. The molecular formula is C15H22N2O. The molecule has 3 nitrogen and oxygen atoms in total. The van der Waals surface area contributed by atoms with E-state index < -0.39 is 0 Å². The van der Waals surface area contributed by atoms with Crippen LogP contribution in [0.25, 0.3) is 0 Å². The molecule has 0 aromatic heterocycles. The number of carbonyl (C=O) groups excluding carboxylic acids is 1. The smallest absolute Gasteiger partial charge is 0.226 e. The second-order valence-corrected chi connectivity index (χ2v) is 4.93. The Morgan fingerprint density at radius 2 is 1.94 bits per heavy atom. The van der Waals surface area contributed by atoms with E-state index in [-0.39, 0.29) is 5.92 Å². The van der Waals surface area contributed by atoms with Crippen LogP contribution < -0.4 is 5.73 Å². The van der Waals surface area contributed by atoms with Crippen LogP contribution in [0.3, 0.4) is 0 Å². The van der Waals surface area contributed by atoms with Gasteiger partial charge < -0.3 is 10.6 Å². The molecule has 0 spiro atoms. The molecule has 98 valence electrons. The summed E-state index contributed by atoms with van der Waals surface area (Å²) in [4.78, 5) is 14.4. The van der Waals surface area contributed by atoms with Gasteiger partial charge in [0, 0.05) is 19.0 Å². The minimum Gasteiger partial charge on any atom is -0.343 e. The highest BCUT2D eigenvalue weighted by atomic mass is 16.2. The maximum absolute atomic E-state index is 12.4. The zero-order valence-corrected chi connectivity index (χ0v) is 11.1. The van der Waals surface area contributed by atoms with Crippen LogP contribution in [0.4, 0.5) is 0 Å². The van der Waals surface area contributed by atoms with Gasteiger partial charge in [0.2, 0.25) is 5.91 Å². The van der Waals surface area contributed by atoms with Gasteiger partial charge in [0.25, 0.3) is 0 Å². The highest BCUT2D eigenvalue weighted by Gasteiger charge is 2.29. The summed E-state index contributed by atoms with van der Waals surface area (Å²) in [5.41, 5.74) is 8.19. The summed E-state index contributed by atoms with van der Waals surface area (Å²) in [6.07, 6.45) is 2.68. The van der Waals surface area contributed by atoms with Crippen LogP contribution in [0.2, 0.25) is 0 Å². The highest BCUT2D eigenvalue weighted by molar-refractivity contribution is 5.80. The Labute approximate surface area is 109 Å². The van der Waals surface area contributed by atoms with Gasteiger partial charge in [-0.3, -0.25) is 4.79 Å². The van der Waals surface area contributed by atoms with E-state index in [2.05, 4.69) is 24.3 Å². The van der Waals surface area contributed by atoms with Crippen molar-refractivity contribution in [3.05, 3.63) is 35.4 Å². The van der Waals surface area contributed by atoms with Gasteiger partial charge in [0.05, 0.1) is 0 Å². The number of hydrogen-bond donors (Lipinski definition) is 1. The van der Waals surface area contributed by atoms with E-state index in [1.54, 1.807) is 0 Å². The molecule has 0 bridgehead atoms. The lowest BCUT2D eigenvalue weighted by atomic mass is 10.0. The number of carbonyl (C=O) groups is 1. The fourth-order valence-electron chi connectivity index (χ4n) is 2.70. The molecule has 1 aromatic rings. The predicted molar refractivity (Wildman–Crippen MR) is 73.3 cm³/mol. The van der Waals surface area contributed by atoms with Crippen LogP contribution in [-0.2, 0) is 17.6 Å². The summed E-state index contributed by atoms with van der Waals surface area (Å²) < 4.78 is 0. The lowest BCUT2D eigenvalue weighted by Gasteiger charge is -2.23. The maximum Gasteiger partial charge on any atom is 0.226 e. The Hall–Kier alpha value is -1.35. The monoisotopic (exact) mass is 246 g/mol. The molecule has 0 saturated heterocycles. The Morgan fingerprint density at radius 3 is 2.44 bits per heavy atom. The zero-order valence-electron chi connectivity index (χ0n) is 11.1. The van der Waals surface area contributed by atoms with Crippen LogP contribution in [0.5, 0.6) is 0 Å². The van der Waals surface area contributed by atoms with Gasteiger partial charge in [-0.2, -0.15) is 0 Å². The molecule has 1 aliphatic carbocycles. The summed E-state index contributed by atoms with van der Waals surface area (Å²) in [5.74, 6) is 0.433. The molecule has 18 heavy (non-hydrogen) atoms. The molecule has 2 N–H and O–H groups in total. The Morgan fingerprint density at radius 1 is 1.33 bits per heavy atom. The SMILES string of the molecule is CCN(CCCN)C(=O)C1Cc2ccccc2C1. The Kier molecular flexibility index (Phi) is 4.37. The van der Waals surface area contributed by atoms with E-state index in [1.807, 2.05) is 11.8 Å². The van der Waals surface area contributed by atoms with Crippen LogP contribution in [0.15, 0.2) is 24.3 Å². The summed E-state index contributed by atoms with van der Waals surface area (Å²) in [7, 11) is 0. The van der Waals surface area contributed by atoms with Crippen molar-refractivity contribution in [1.29, 1.82) is 0 Å². The van der Waals surface area contributed by atoms with E-state index in [1.165, 1.54) is 11.1 Å². The molecule has 0 saturated carbocycles. The van der Waals surface area contributed by atoms with E-state index in [0.717, 1.165) is 32.4 Å². The van der Waals surface area contributed by atoms with Gasteiger partial charge in [-0.1, -0.05) is 24.3 Å². The van der Waals surface area contributed by atoms with Gasteiger partial charge in [-0.25, -0.2) is 0 Å². The van der Waals surface area contributed by atoms with Crippen molar-refractivity contribution >= 4 is 5.91 Å². The van der Waals surface area contributed by atoms with Gasteiger partial charge in [0.1, 0.15) is 0 Å². The number of rotatable bonds is 5. The number of fused-ring (bicyclic) bond motifs is 1. The normalized spacial score (nSPS) is 14.6. The number of nitrogens with two attached hydrogens (primary N) is 1. The molecule has 0 aliphatic heterocycles.